The normalized spacial score (nSPS) is 14.2. The first-order chi connectivity index (χ1) is 20.0. The molecule has 3 heterocycles. The minimum absolute atomic E-state index is 0.103. The molecule has 2 aromatic carbocycles. The van der Waals surface area contributed by atoms with E-state index < -0.39 is 12.1 Å². The van der Waals surface area contributed by atoms with Crippen LogP contribution in [0, 0.1) is 0 Å². The second kappa shape index (κ2) is 13.6. The zero-order valence-electron chi connectivity index (χ0n) is 22.6. The van der Waals surface area contributed by atoms with Crippen molar-refractivity contribution in [2.75, 3.05) is 51.6 Å². The maximum atomic E-state index is 12.8. The zero-order chi connectivity index (χ0) is 30.3. The third-order valence-electron chi connectivity index (χ3n) is 6.48. The van der Waals surface area contributed by atoms with Gasteiger partial charge in [0.25, 0.3) is 5.91 Å². The molecule has 0 unspecified atom stereocenters. The van der Waals surface area contributed by atoms with E-state index in [9.17, 15) is 18.0 Å². The van der Waals surface area contributed by atoms with Gasteiger partial charge in [-0.2, -0.15) is 18.3 Å². The predicted octanol–water partition coefficient (Wildman–Crippen LogP) is 4.43. The molecule has 1 fully saturated rings. The Labute approximate surface area is 244 Å². The number of aromatic nitrogens is 3. The Morgan fingerprint density at radius 3 is 2.33 bits per heavy atom. The third-order valence-corrected chi connectivity index (χ3v) is 6.73. The van der Waals surface area contributed by atoms with E-state index in [1.807, 2.05) is 42.5 Å². The number of rotatable bonds is 7. The molecule has 0 atom stereocenters. The average Bonchev–Trinajstić information content (AvgIpc) is 3.38. The summed E-state index contributed by atoms with van der Waals surface area (Å²) in [5.74, 6) is -2.26. The number of hydrogen-bond acceptors (Lipinski definition) is 7. The van der Waals surface area contributed by atoms with Crippen molar-refractivity contribution in [3.05, 3.63) is 77.6 Å². The van der Waals surface area contributed by atoms with Gasteiger partial charge in [0, 0.05) is 72.8 Å². The molecule has 0 spiro atoms. The summed E-state index contributed by atoms with van der Waals surface area (Å²) in [5.41, 5.74) is 3.37. The fourth-order valence-electron chi connectivity index (χ4n) is 4.17. The number of alkyl halides is 3. The minimum atomic E-state index is -5.08. The fraction of sp³-hybridized carbons (Fsp3) is 0.286. The third kappa shape index (κ3) is 8.41. The van der Waals surface area contributed by atoms with Crippen molar-refractivity contribution < 1.29 is 27.9 Å². The van der Waals surface area contributed by atoms with Crippen LogP contribution in [0.1, 0.15) is 10.4 Å². The standard InChI is InChI=1S/C26H28ClN7O.C2HF3O2/c1-32-12-14-33(15-13-32)11-10-29-26(35)19-8-9-28-25(17-19)34-24-7-6-23(16-20(24)18-30-34)31-22-4-2-21(27)3-5-22;3-2(4,5)1(6)7/h2-9,16-18,31H,10-15H2,1H3,(H,29,35);(H,6,7). The number of carbonyl (C=O) groups is 2. The Kier molecular flexibility index (Phi) is 9.99. The number of benzene rings is 2. The van der Waals surface area contributed by atoms with Crippen molar-refractivity contribution in [1.29, 1.82) is 0 Å². The van der Waals surface area contributed by atoms with Crippen molar-refractivity contribution in [1.82, 2.24) is 29.9 Å². The molecule has 5 rings (SSSR count). The molecular formula is C28H29ClF3N7O3. The van der Waals surface area contributed by atoms with E-state index in [1.165, 1.54) is 0 Å². The van der Waals surface area contributed by atoms with E-state index in [-0.39, 0.29) is 5.91 Å². The highest BCUT2D eigenvalue weighted by molar-refractivity contribution is 6.30. The number of carbonyl (C=O) groups excluding carboxylic acids is 1. The van der Waals surface area contributed by atoms with Gasteiger partial charge in [-0.3, -0.25) is 9.69 Å². The molecule has 0 saturated carbocycles. The number of halogens is 4. The van der Waals surface area contributed by atoms with Crippen LogP contribution in [0.4, 0.5) is 24.5 Å². The SMILES string of the molecule is CN1CCN(CCNC(=O)c2ccnc(-n3ncc4cc(Nc5ccc(Cl)cc5)ccc43)c2)CC1.O=C(O)C(F)(F)F. The number of likely N-dealkylation sites (N-methyl/N-ethyl adjacent to an activating group) is 1. The number of nitrogens with one attached hydrogen (secondary N) is 2. The highest BCUT2D eigenvalue weighted by Gasteiger charge is 2.38. The lowest BCUT2D eigenvalue weighted by Crippen LogP contribution is -2.46. The summed E-state index contributed by atoms with van der Waals surface area (Å²) in [6.45, 7) is 5.68. The Morgan fingerprint density at radius 1 is 1.00 bits per heavy atom. The molecule has 1 saturated heterocycles. The van der Waals surface area contributed by atoms with Gasteiger partial charge in [-0.05, 0) is 61.6 Å². The number of hydrogen-bond donors (Lipinski definition) is 3. The van der Waals surface area contributed by atoms with Crippen LogP contribution in [-0.2, 0) is 4.79 Å². The number of carboxylic acids is 1. The lowest BCUT2D eigenvalue weighted by molar-refractivity contribution is -0.192. The molecule has 10 nitrogen and oxygen atoms in total. The lowest BCUT2D eigenvalue weighted by Gasteiger charge is -2.32. The van der Waals surface area contributed by atoms with Crippen LogP contribution in [0.5, 0.6) is 0 Å². The van der Waals surface area contributed by atoms with Crippen LogP contribution in [-0.4, -0.2) is 94.0 Å². The van der Waals surface area contributed by atoms with E-state index in [0.29, 0.717) is 22.9 Å². The Morgan fingerprint density at radius 2 is 1.67 bits per heavy atom. The minimum Gasteiger partial charge on any atom is -0.475 e. The van der Waals surface area contributed by atoms with Crippen LogP contribution < -0.4 is 10.6 Å². The lowest BCUT2D eigenvalue weighted by atomic mass is 10.2. The van der Waals surface area contributed by atoms with Crippen molar-refractivity contribution in [3.63, 3.8) is 0 Å². The summed E-state index contributed by atoms with van der Waals surface area (Å²) >= 11 is 5.97. The second-order valence-electron chi connectivity index (χ2n) is 9.57. The highest BCUT2D eigenvalue weighted by Crippen LogP contribution is 2.25. The molecule has 0 bridgehead atoms. The summed E-state index contributed by atoms with van der Waals surface area (Å²) in [4.78, 5) is 30.8. The smallest absolute Gasteiger partial charge is 0.475 e. The van der Waals surface area contributed by atoms with Crippen molar-refractivity contribution in [3.8, 4) is 5.82 Å². The average molecular weight is 604 g/mol. The van der Waals surface area contributed by atoms with E-state index in [2.05, 4.69) is 37.6 Å². The van der Waals surface area contributed by atoms with Crippen LogP contribution in [0.2, 0.25) is 5.02 Å². The number of amides is 1. The number of nitrogens with zero attached hydrogens (tertiary/aromatic N) is 5. The van der Waals surface area contributed by atoms with E-state index in [4.69, 9.17) is 21.5 Å². The maximum Gasteiger partial charge on any atom is 0.490 e. The van der Waals surface area contributed by atoms with Crippen LogP contribution in [0.25, 0.3) is 16.7 Å². The van der Waals surface area contributed by atoms with Crippen LogP contribution in [0.3, 0.4) is 0 Å². The van der Waals surface area contributed by atoms with Gasteiger partial charge in [0.2, 0.25) is 0 Å². The molecule has 0 radical (unpaired) electrons. The number of aliphatic carboxylic acids is 1. The van der Waals surface area contributed by atoms with Crippen LogP contribution >= 0.6 is 11.6 Å². The topological polar surface area (TPSA) is 116 Å². The summed E-state index contributed by atoms with van der Waals surface area (Å²) < 4.78 is 33.5. The van der Waals surface area contributed by atoms with Gasteiger partial charge in [-0.15, -0.1) is 0 Å². The summed E-state index contributed by atoms with van der Waals surface area (Å²) in [6, 6.07) is 17.1. The van der Waals surface area contributed by atoms with Gasteiger partial charge in [0.1, 0.15) is 0 Å². The van der Waals surface area contributed by atoms with Gasteiger partial charge in [-0.1, -0.05) is 11.6 Å². The highest BCUT2D eigenvalue weighted by atomic mass is 35.5. The second-order valence-corrected chi connectivity index (χ2v) is 10.0. The van der Waals surface area contributed by atoms with Gasteiger partial charge in [0.05, 0.1) is 11.7 Å². The summed E-state index contributed by atoms with van der Waals surface area (Å²) in [6.07, 6.45) is -1.64. The molecule has 222 valence electrons. The van der Waals surface area contributed by atoms with E-state index in [1.54, 1.807) is 29.2 Å². The van der Waals surface area contributed by atoms with Crippen molar-refractivity contribution >= 4 is 45.8 Å². The maximum absolute atomic E-state index is 12.8. The Bertz CT molecular complexity index is 1520. The van der Waals surface area contributed by atoms with E-state index >= 15 is 0 Å². The first-order valence-electron chi connectivity index (χ1n) is 13.0. The van der Waals surface area contributed by atoms with Gasteiger partial charge < -0.3 is 20.6 Å². The molecule has 4 aromatic rings. The molecule has 1 amide bonds. The quantitative estimate of drug-likeness (QED) is 0.284. The largest absolute Gasteiger partial charge is 0.490 e. The van der Waals surface area contributed by atoms with Gasteiger partial charge in [0.15, 0.2) is 5.82 Å². The first kappa shape index (κ1) is 30.8. The van der Waals surface area contributed by atoms with Crippen LogP contribution in [0.15, 0.2) is 67.0 Å². The molecule has 1 aliphatic heterocycles. The Balaban J connectivity index is 0.000000517. The monoisotopic (exact) mass is 603 g/mol. The zero-order valence-corrected chi connectivity index (χ0v) is 23.4. The number of anilines is 2. The fourth-order valence-corrected chi connectivity index (χ4v) is 4.30. The van der Waals surface area contributed by atoms with Gasteiger partial charge in [-0.25, -0.2) is 14.5 Å². The predicted molar refractivity (Wildman–Crippen MR) is 154 cm³/mol. The molecule has 3 N–H and O–H groups in total. The number of pyridine rings is 1. The first-order valence-corrected chi connectivity index (χ1v) is 13.3. The van der Waals surface area contributed by atoms with Crippen molar-refractivity contribution in [2.24, 2.45) is 0 Å². The van der Waals surface area contributed by atoms with Crippen molar-refractivity contribution in [2.45, 2.75) is 6.18 Å². The number of piperazine rings is 1. The number of carboxylic acid groups (broad SMARTS) is 1. The van der Waals surface area contributed by atoms with E-state index in [0.717, 1.165) is 55.0 Å². The number of fused-ring (bicyclic) bond motifs is 1. The summed E-state index contributed by atoms with van der Waals surface area (Å²) in [7, 11) is 2.14. The molecule has 42 heavy (non-hydrogen) atoms. The van der Waals surface area contributed by atoms with Gasteiger partial charge >= 0.3 is 12.1 Å². The Hall–Kier alpha value is -4.20. The molecular weight excluding hydrogens is 575 g/mol. The molecule has 1 aliphatic rings. The molecule has 14 heteroatoms. The molecule has 2 aromatic heterocycles. The molecule has 0 aliphatic carbocycles. The summed E-state index contributed by atoms with van der Waals surface area (Å²) in [5, 5.41) is 19.7.